The second kappa shape index (κ2) is 5.42. The van der Waals surface area contributed by atoms with Crippen molar-refractivity contribution in [1.82, 2.24) is 25.3 Å². The second-order valence-electron chi connectivity index (χ2n) is 7.24. The molecular formula is C19H23N5O. The molecule has 0 bridgehead atoms. The highest BCUT2D eigenvalue weighted by Crippen LogP contribution is 2.37. The van der Waals surface area contributed by atoms with E-state index in [1.54, 1.807) is 0 Å². The third-order valence-electron chi connectivity index (χ3n) is 5.82. The zero-order valence-corrected chi connectivity index (χ0v) is 14.5. The van der Waals surface area contributed by atoms with Gasteiger partial charge in [0, 0.05) is 19.3 Å². The van der Waals surface area contributed by atoms with Gasteiger partial charge in [-0.2, -0.15) is 0 Å². The van der Waals surface area contributed by atoms with Crippen LogP contribution in [0, 0.1) is 0 Å². The highest BCUT2D eigenvalue weighted by molar-refractivity contribution is 5.84. The lowest BCUT2D eigenvalue weighted by Gasteiger charge is -2.46. The minimum Gasteiger partial charge on any atom is -0.323 e. The first kappa shape index (κ1) is 15.1. The lowest BCUT2D eigenvalue weighted by Crippen LogP contribution is -2.68. The van der Waals surface area contributed by atoms with Crippen LogP contribution in [-0.4, -0.2) is 58.4 Å². The summed E-state index contributed by atoms with van der Waals surface area (Å²) in [7, 11) is 1.90. The minimum absolute atomic E-state index is 0.00365. The molecule has 1 amide bonds. The molecule has 1 aromatic carbocycles. The number of hydrogen-bond donors (Lipinski definition) is 2. The number of allylic oxidation sites excluding steroid dienone is 2. The van der Waals surface area contributed by atoms with E-state index in [-0.39, 0.29) is 36.6 Å². The Labute approximate surface area is 147 Å². The average Bonchev–Trinajstić information content (AvgIpc) is 3.27. The van der Waals surface area contributed by atoms with E-state index in [2.05, 4.69) is 69.9 Å². The molecule has 4 aliphatic rings. The molecule has 5 rings (SSSR count). The molecule has 0 spiro atoms. The molecule has 25 heavy (non-hydrogen) atoms. The van der Waals surface area contributed by atoms with Crippen LogP contribution in [0.3, 0.4) is 0 Å². The summed E-state index contributed by atoms with van der Waals surface area (Å²) in [4.78, 5) is 19.6. The van der Waals surface area contributed by atoms with Gasteiger partial charge in [-0.05, 0) is 18.6 Å². The van der Waals surface area contributed by atoms with Gasteiger partial charge in [0.15, 0.2) is 6.29 Å². The van der Waals surface area contributed by atoms with Crippen LogP contribution in [0.1, 0.15) is 12.5 Å². The summed E-state index contributed by atoms with van der Waals surface area (Å²) in [6, 6.07) is 10.4. The van der Waals surface area contributed by atoms with Crippen molar-refractivity contribution in [3.8, 4) is 0 Å². The molecule has 3 heterocycles. The van der Waals surface area contributed by atoms with Gasteiger partial charge in [-0.3, -0.25) is 20.3 Å². The molecule has 3 aliphatic heterocycles. The van der Waals surface area contributed by atoms with Gasteiger partial charge in [0.25, 0.3) is 0 Å². The maximum atomic E-state index is 13.2. The summed E-state index contributed by atoms with van der Waals surface area (Å²) < 4.78 is 0. The Balaban J connectivity index is 1.49. The number of benzene rings is 1. The van der Waals surface area contributed by atoms with Crippen molar-refractivity contribution < 1.29 is 4.79 Å². The summed E-state index contributed by atoms with van der Waals surface area (Å²) in [5.41, 5.74) is 2.48. The van der Waals surface area contributed by atoms with Crippen molar-refractivity contribution in [2.24, 2.45) is 0 Å². The summed E-state index contributed by atoms with van der Waals surface area (Å²) in [6.07, 6.45) is 6.46. The molecule has 6 heteroatoms. The van der Waals surface area contributed by atoms with Crippen LogP contribution in [0.5, 0.6) is 0 Å². The number of carbonyl (C=O) groups excluding carboxylic acids is 1. The largest absolute Gasteiger partial charge is 0.323 e. The predicted octanol–water partition coefficient (Wildman–Crippen LogP) is 0.616. The second-order valence-corrected chi connectivity index (χ2v) is 7.24. The van der Waals surface area contributed by atoms with E-state index < -0.39 is 0 Å². The third kappa shape index (κ3) is 2.11. The summed E-state index contributed by atoms with van der Waals surface area (Å²) in [5, 5.41) is 7.20. The number of nitrogens with zero attached hydrogens (tertiary/aromatic N) is 3. The zero-order valence-electron chi connectivity index (χ0n) is 14.5. The van der Waals surface area contributed by atoms with Crippen LogP contribution >= 0.6 is 0 Å². The minimum atomic E-state index is -0.182. The van der Waals surface area contributed by atoms with E-state index >= 15 is 0 Å². The van der Waals surface area contributed by atoms with Crippen molar-refractivity contribution >= 4 is 5.91 Å². The molecule has 4 unspecified atom stereocenters. The van der Waals surface area contributed by atoms with Gasteiger partial charge in [0.1, 0.15) is 12.2 Å². The fourth-order valence-electron chi connectivity index (χ4n) is 4.57. The smallest absolute Gasteiger partial charge is 0.245 e. The van der Waals surface area contributed by atoms with E-state index in [9.17, 15) is 4.79 Å². The maximum Gasteiger partial charge on any atom is 0.245 e. The molecule has 3 saturated heterocycles. The Morgan fingerprint density at radius 3 is 2.76 bits per heavy atom. The predicted molar refractivity (Wildman–Crippen MR) is 94.7 cm³/mol. The first-order chi connectivity index (χ1) is 12.1. The number of hydrogen-bond acceptors (Lipinski definition) is 5. The Kier molecular flexibility index (Phi) is 3.28. The molecule has 2 N–H and O–H groups in total. The topological polar surface area (TPSA) is 50.9 Å². The molecule has 0 aromatic heterocycles. The molecule has 6 nitrogen and oxygen atoms in total. The highest BCUT2D eigenvalue weighted by atomic mass is 16.2. The Morgan fingerprint density at radius 2 is 1.96 bits per heavy atom. The van der Waals surface area contributed by atoms with Gasteiger partial charge in [-0.15, -0.1) is 0 Å². The summed E-state index contributed by atoms with van der Waals surface area (Å²) in [6.45, 7) is 2.91. The van der Waals surface area contributed by atoms with Gasteiger partial charge in [-0.1, -0.05) is 42.5 Å². The number of amides is 1. The van der Waals surface area contributed by atoms with Gasteiger partial charge >= 0.3 is 0 Å². The monoisotopic (exact) mass is 337 g/mol. The van der Waals surface area contributed by atoms with E-state index in [1.165, 1.54) is 11.3 Å². The van der Waals surface area contributed by atoms with Crippen molar-refractivity contribution in [3.05, 3.63) is 59.8 Å². The van der Waals surface area contributed by atoms with Gasteiger partial charge < -0.3 is 9.80 Å². The molecule has 130 valence electrons. The molecular weight excluding hydrogens is 314 g/mol. The zero-order chi connectivity index (χ0) is 17.1. The van der Waals surface area contributed by atoms with Gasteiger partial charge in [0.05, 0.1) is 12.2 Å². The number of rotatable bonds is 2. The Bertz CT molecular complexity index is 760. The first-order valence-corrected chi connectivity index (χ1v) is 8.90. The van der Waals surface area contributed by atoms with E-state index in [4.69, 9.17) is 0 Å². The lowest BCUT2D eigenvalue weighted by atomic mass is 10.1. The Hall–Kier alpha value is -2.15. The molecule has 0 radical (unpaired) electrons. The van der Waals surface area contributed by atoms with Gasteiger partial charge in [-0.25, -0.2) is 0 Å². The van der Waals surface area contributed by atoms with Crippen molar-refractivity contribution in [2.45, 2.75) is 44.2 Å². The average molecular weight is 337 g/mol. The Morgan fingerprint density at radius 1 is 1.16 bits per heavy atom. The molecule has 1 aliphatic carbocycles. The normalized spacial score (nSPS) is 36.5. The number of carbonyl (C=O) groups is 1. The number of fused-ring (bicyclic) bond motifs is 5. The summed E-state index contributed by atoms with van der Waals surface area (Å²) in [5.74, 6) is 0.177. The lowest BCUT2D eigenvalue weighted by molar-refractivity contribution is -0.150. The number of nitrogens with one attached hydrogen (secondary N) is 2. The van der Waals surface area contributed by atoms with E-state index in [0.717, 1.165) is 6.54 Å². The van der Waals surface area contributed by atoms with Crippen LogP contribution < -0.4 is 10.6 Å². The maximum absolute atomic E-state index is 13.2. The van der Waals surface area contributed by atoms with E-state index in [0.29, 0.717) is 0 Å². The van der Waals surface area contributed by atoms with E-state index in [1.807, 2.05) is 18.0 Å². The van der Waals surface area contributed by atoms with Crippen LogP contribution in [-0.2, 0) is 11.3 Å². The molecule has 0 saturated carbocycles. The van der Waals surface area contributed by atoms with Crippen LogP contribution in [0.15, 0.2) is 54.3 Å². The fraction of sp³-hybridized carbons (Fsp3) is 0.421. The van der Waals surface area contributed by atoms with Crippen molar-refractivity contribution in [1.29, 1.82) is 0 Å². The number of likely N-dealkylation sites (N-methyl/N-ethyl adjacent to an activating group) is 1. The molecule has 5 atom stereocenters. The summed E-state index contributed by atoms with van der Waals surface area (Å²) >= 11 is 0. The van der Waals surface area contributed by atoms with Crippen molar-refractivity contribution in [2.75, 3.05) is 7.05 Å². The fourth-order valence-corrected chi connectivity index (χ4v) is 4.57. The van der Waals surface area contributed by atoms with Crippen LogP contribution in [0.25, 0.3) is 0 Å². The highest BCUT2D eigenvalue weighted by Gasteiger charge is 2.57. The van der Waals surface area contributed by atoms with Crippen LogP contribution in [0.2, 0.25) is 0 Å². The standard InChI is InChI=1S/C19H23N5O/c1-12-20-17-16(23(12)11-13-7-4-3-5-8-13)18(25)22(2)19-21-14-9-6-10-15(14)24(17)19/h3-10,12,14,16-17,19-21H,11H2,1-2H3/t12-,14?,16?,17?,19?/m1/s1. The molecule has 1 aromatic rings. The van der Waals surface area contributed by atoms with Crippen LogP contribution in [0.4, 0.5) is 0 Å². The van der Waals surface area contributed by atoms with Gasteiger partial charge in [0.2, 0.25) is 5.91 Å². The van der Waals surface area contributed by atoms with Crippen molar-refractivity contribution in [3.63, 3.8) is 0 Å². The molecule has 3 fully saturated rings. The first-order valence-electron chi connectivity index (χ1n) is 8.90. The quantitative estimate of drug-likeness (QED) is 0.828. The third-order valence-corrected chi connectivity index (χ3v) is 5.82. The SMILES string of the molecule is C[C@@H]1NC2C(C(=O)N(C)C3NC4C=CC=C4N23)N1Cc1ccccc1.